The first-order valence-electron chi connectivity index (χ1n) is 4.48. The van der Waals surface area contributed by atoms with Gasteiger partial charge in [-0.15, -0.1) is 0 Å². The van der Waals surface area contributed by atoms with E-state index in [1.54, 1.807) is 0 Å². The number of ether oxygens (including phenoxy) is 1. The lowest BCUT2D eigenvalue weighted by molar-refractivity contribution is 0.101. The fraction of sp³-hybridized carbons (Fsp3) is 0.364. The van der Waals surface area contributed by atoms with Gasteiger partial charge in [-0.2, -0.15) is 5.26 Å². The van der Waals surface area contributed by atoms with Crippen LogP contribution in [-0.2, 0) is 4.74 Å². The van der Waals surface area contributed by atoms with Gasteiger partial charge in [-0.25, -0.2) is 0 Å². The van der Waals surface area contributed by atoms with Crippen molar-refractivity contribution in [2.24, 2.45) is 5.92 Å². The topological polar surface area (TPSA) is 33.0 Å². The van der Waals surface area contributed by atoms with Crippen LogP contribution in [0.15, 0.2) is 30.3 Å². The Labute approximate surface area is 77.8 Å². The van der Waals surface area contributed by atoms with Gasteiger partial charge in [0.25, 0.3) is 0 Å². The molecule has 0 aliphatic carbocycles. The fourth-order valence-corrected chi connectivity index (χ4v) is 1.69. The van der Waals surface area contributed by atoms with E-state index in [0.29, 0.717) is 6.61 Å². The van der Waals surface area contributed by atoms with Crippen molar-refractivity contribution in [2.75, 3.05) is 6.61 Å². The van der Waals surface area contributed by atoms with Crippen molar-refractivity contribution in [3.63, 3.8) is 0 Å². The van der Waals surface area contributed by atoms with Gasteiger partial charge in [-0.05, 0) is 12.0 Å². The minimum Gasteiger partial charge on any atom is -0.372 e. The Bertz CT molecular complexity index is 315. The van der Waals surface area contributed by atoms with Crippen LogP contribution >= 0.6 is 0 Å². The molecule has 2 heteroatoms. The third-order valence-corrected chi connectivity index (χ3v) is 2.39. The monoisotopic (exact) mass is 173 g/mol. The molecule has 66 valence electrons. The molecule has 1 aromatic rings. The van der Waals surface area contributed by atoms with E-state index < -0.39 is 0 Å². The molecule has 2 atom stereocenters. The van der Waals surface area contributed by atoms with E-state index in [1.165, 1.54) is 0 Å². The van der Waals surface area contributed by atoms with Gasteiger partial charge in [0.15, 0.2) is 0 Å². The van der Waals surface area contributed by atoms with Crippen molar-refractivity contribution in [1.29, 1.82) is 5.26 Å². The van der Waals surface area contributed by atoms with Gasteiger partial charge in [0.2, 0.25) is 0 Å². The third-order valence-electron chi connectivity index (χ3n) is 2.39. The van der Waals surface area contributed by atoms with E-state index in [1.807, 2.05) is 30.3 Å². The van der Waals surface area contributed by atoms with Crippen molar-refractivity contribution in [3.05, 3.63) is 35.9 Å². The number of nitrogens with zero attached hydrogens (tertiary/aromatic N) is 1. The summed E-state index contributed by atoms with van der Waals surface area (Å²) in [5.41, 5.74) is 1.12. The van der Waals surface area contributed by atoms with Crippen molar-refractivity contribution in [2.45, 2.75) is 12.5 Å². The van der Waals surface area contributed by atoms with Crippen molar-refractivity contribution in [3.8, 4) is 6.07 Å². The summed E-state index contributed by atoms with van der Waals surface area (Å²) in [5.74, 6) is 0.0300. The first kappa shape index (κ1) is 8.28. The van der Waals surface area contributed by atoms with E-state index in [2.05, 4.69) is 6.07 Å². The molecule has 0 unspecified atom stereocenters. The van der Waals surface area contributed by atoms with Gasteiger partial charge in [0.05, 0.1) is 18.1 Å². The molecule has 1 aliphatic rings. The Hall–Kier alpha value is -1.33. The zero-order valence-electron chi connectivity index (χ0n) is 7.31. The SMILES string of the molecule is N#C[C@H]1CCO[C@@H]1c1ccccc1. The van der Waals surface area contributed by atoms with E-state index in [-0.39, 0.29) is 12.0 Å². The molecule has 1 aromatic carbocycles. The van der Waals surface area contributed by atoms with E-state index in [0.717, 1.165) is 12.0 Å². The van der Waals surface area contributed by atoms with E-state index >= 15 is 0 Å². The smallest absolute Gasteiger partial charge is 0.0983 e. The maximum Gasteiger partial charge on any atom is 0.0983 e. The Morgan fingerprint density at radius 2 is 2.08 bits per heavy atom. The molecule has 1 saturated heterocycles. The molecule has 0 amide bonds. The Kier molecular flexibility index (Phi) is 2.29. The van der Waals surface area contributed by atoms with Crippen LogP contribution in [0, 0.1) is 17.2 Å². The van der Waals surface area contributed by atoms with Crippen molar-refractivity contribution in [1.82, 2.24) is 0 Å². The average Bonchev–Trinajstić information content (AvgIpc) is 2.67. The maximum atomic E-state index is 8.87. The predicted molar refractivity (Wildman–Crippen MR) is 48.9 cm³/mol. The number of benzene rings is 1. The van der Waals surface area contributed by atoms with E-state index in [9.17, 15) is 0 Å². The summed E-state index contributed by atoms with van der Waals surface area (Å²) < 4.78 is 5.52. The van der Waals surface area contributed by atoms with Crippen LogP contribution in [0.5, 0.6) is 0 Å². The maximum absolute atomic E-state index is 8.87. The predicted octanol–water partition coefficient (Wildman–Crippen LogP) is 2.29. The first-order chi connectivity index (χ1) is 6.42. The molecule has 1 fully saturated rings. The van der Waals surface area contributed by atoms with Crippen molar-refractivity contribution < 1.29 is 4.74 Å². The minimum absolute atomic E-state index is 0.00815. The van der Waals surface area contributed by atoms with Crippen LogP contribution in [-0.4, -0.2) is 6.61 Å². The van der Waals surface area contributed by atoms with Crippen LogP contribution in [0.25, 0.3) is 0 Å². The quantitative estimate of drug-likeness (QED) is 0.652. The molecule has 0 radical (unpaired) electrons. The van der Waals surface area contributed by atoms with Crippen LogP contribution < -0.4 is 0 Å². The van der Waals surface area contributed by atoms with Crippen LogP contribution in [0.3, 0.4) is 0 Å². The Morgan fingerprint density at radius 1 is 1.31 bits per heavy atom. The molecule has 0 N–H and O–H groups in total. The molecule has 13 heavy (non-hydrogen) atoms. The Morgan fingerprint density at radius 3 is 2.77 bits per heavy atom. The second-order valence-corrected chi connectivity index (χ2v) is 3.23. The van der Waals surface area contributed by atoms with Gasteiger partial charge in [0, 0.05) is 6.61 Å². The van der Waals surface area contributed by atoms with Gasteiger partial charge >= 0.3 is 0 Å². The highest BCUT2D eigenvalue weighted by Crippen LogP contribution is 2.33. The lowest BCUT2D eigenvalue weighted by Gasteiger charge is -2.12. The van der Waals surface area contributed by atoms with Gasteiger partial charge in [0.1, 0.15) is 0 Å². The molecule has 0 saturated carbocycles. The summed E-state index contributed by atoms with van der Waals surface area (Å²) in [6.45, 7) is 0.706. The molecule has 2 nitrogen and oxygen atoms in total. The second-order valence-electron chi connectivity index (χ2n) is 3.23. The lowest BCUT2D eigenvalue weighted by Crippen LogP contribution is -2.04. The summed E-state index contributed by atoms with van der Waals surface area (Å²) >= 11 is 0. The number of nitriles is 1. The molecule has 1 aliphatic heterocycles. The van der Waals surface area contributed by atoms with Gasteiger partial charge in [-0.1, -0.05) is 30.3 Å². The number of hydrogen-bond acceptors (Lipinski definition) is 2. The zero-order chi connectivity index (χ0) is 9.10. The fourth-order valence-electron chi connectivity index (χ4n) is 1.69. The molecule has 0 aromatic heterocycles. The van der Waals surface area contributed by atoms with E-state index in [4.69, 9.17) is 10.00 Å². The molecular formula is C11H11NO. The molecule has 1 heterocycles. The summed E-state index contributed by atoms with van der Waals surface area (Å²) in [6, 6.07) is 12.2. The summed E-state index contributed by atoms with van der Waals surface area (Å²) in [5, 5.41) is 8.87. The summed E-state index contributed by atoms with van der Waals surface area (Å²) in [6.07, 6.45) is 0.849. The molecule has 0 bridgehead atoms. The molecule has 0 spiro atoms. The Balaban J connectivity index is 2.22. The van der Waals surface area contributed by atoms with Crippen molar-refractivity contribution >= 4 is 0 Å². The van der Waals surface area contributed by atoms with Gasteiger partial charge in [-0.3, -0.25) is 0 Å². The average molecular weight is 173 g/mol. The van der Waals surface area contributed by atoms with Gasteiger partial charge < -0.3 is 4.74 Å². The van der Waals surface area contributed by atoms with Crippen LogP contribution in [0.4, 0.5) is 0 Å². The largest absolute Gasteiger partial charge is 0.372 e. The zero-order valence-corrected chi connectivity index (χ0v) is 7.31. The highest BCUT2D eigenvalue weighted by Gasteiger charge is 2.29. The highest BCUT2D eigenvalue weighted by atomic mass is 16.5. The minimum atomic E-state index is -0.00815. The highest BCUT2D eigenvalue weighted by molar-refractivity contribution is 5.20. The standard InChI is InChI=1S/C11H11NO/c12-8-10-6-7-13-11(10)9-4-2-1-3-5-9/h1-5,10-11H,6-7H2/t10-,11-/m1/s1. The van der Waals surface area contributed by atoms with Crippen LogP contribution in [0.1, 0.15) is 18.1 Å². The molecule has 2 rings (SSSR count). The first-order valence-corrected chi connectivity index (χ1v) is 4.48. The second kappa shape index (κ2) is 3.59. The van der Waals surface area contributed by atoms with Crippen LogP contribution in [0.2, 0.25) is 0 Å². The summed E-state index contributed by atoms with van der Waals surface area (Å²) in [7, 11) is 0. The number of hydrogen-bond donors (Lipinski definition) is 0. The normalized spacial score (nSPS) is 27.0. The third kappa shape index (κ3) is 1.56. The molecular weight excluding hydrogens is 162 g/mol. The number of rotatable bonds is 1. The summed E-state index contributed by atoms with van der Waals surface area (Å²) in [4.78, 5) is 0. The lowest BCUT2D eigenvalue weighted by atomic mass is 9.97.